The van der Waals surface area contributed by atoms with Gasteiger partial charge in [0.2, 0.25) is 0 Å². The molecule has 1 saturated carbocycles. The highest BCUT2D eigenvalue weighted by atomic mass is 32.1. The van der Waals surface area contributed by atoms with Crippen LogP contribution in [0, 0.1) is 16.5 Å². The van der Waals surface area contributed by atoms with Gasteiger partial charge in [-0.1, -0.05) is 0 Å². The number of rotatable bonds is 5. The highest BCUT2D eigenvalue weighted by Crippen LogP contribution is 2.34. The molecule has 1 aromatic heterocycles. The summed E-state index contributed by atoms with van der Waals surface area (Å²) in [5.41, 5.74) is 1.03. The van der Waals surface area contributed by atoms with Crippen LogP contribution < -0.4 is 5.32 Å². The monoisotopic (exact) mass is 337 g/mol. The molecule has 0 spiro atoms. The molecule has 0 radical (unpaired) electrons. The topological polar surface area (TPSA) is 87.0 Å². The number of nitrogens with one attached hydrogen (secondary N) is 3. The summed E-state index contributed by atoms with van der Waals surface area (Å²) < 4.78 is 18.7. The average Bonchev–Trinajstić information content (AvgIpc) is 3.27. The van der Waals surface area contributed by atoms with Crippen LogP contribution >= 0.6 is 12.2 Å². The van der Waals surface area contributed by atoms with Crippen molar-refractivity contribution in [2.24, 2.45) is 5.92 Å². The van der Waals surface area contributed by atoms with Gasteiger partial charge in [0, 0.05) is 6.04 Å². The third kappa shape index (κ3) is 3.42. The van der Waals surface area contributed by atoms with Crippen molar-refractivity contribution in [1.82, 2.24) is 15.3 Å². The second-order valence-electron chi connectivity index (χ2n) is 5.65. The summed E-state index contributed by atoms with van der Waals surface area (Å²) in [5, 5.41) is 2.81. The minimum absolute atomic E-state index is 0.106. The second kappa shape index (κ2) is 6.11. The number of amides is 1. The second-order valence-corrected chi connectivity index (χ2v) is 6.06. The summed E-state index contributed by atoms with van der Waals surface area (Å²) in [5.74, 6) is -1.11. The zero-order valence-electron chi connectivity index (χ0n) is 12.4. The van der Waals surface area contributed by atoms with Crippen LogP contribution in [-0.2, 0) is 9.53 Å². The number of methoxy groups -OCH3 is 1. The van der Waals surface area contributed by atoms with Gasteiger partial charge in [-0.05, 0) is 43.1 Å². The van der Waals surface area contributed by atoms with Crippen LogP contribution in [0.25, 0.3) is 11.0 Å². The van der Waals surface area contributed by atoms with Crippen LogP contribution in [0.15, 0.2) is 12.1 Å². The summed E-state index contributed by atoms with van der Waals surface area (Å²) in [6, 6.07) is 2.11. The van der Waals surface area contributed by atoms with Crippen molar-refractivity contribution < 1.29 is 18.7 Å². The van der Waals surface area contributed by atoms with E-state index in [4.69, 9.17) is 12.2 Å². The first-order chi connectivity index (χ1) is 11.0. The van der Waals surface area contributed by atoms with E-state index in [2.05, 4.69) is 20.0 Å². The fraction of sp³-hybridized carbons (Fsp3) is 0.400. The minimum atomic E-state index is -0.538. The van der Waals surface area contributed by atoms with E-state index in [9.17, 15) is 14.0 Å². The SMILES string of the molecule is COC(=O)CC(NC(=O)c1cc(F)cc2[nH]c(=S)[nH]c12)C1CC1. The smallest absolute Gasteiger partial charge is 0.307 e. The molecular weight excluding hydrogens is 321 g/mol. The molecule has 3 rings (SSSR count). The fourth-order valence-electron chi connectivity index (χ4n) is 2.63. The predicted octanol–water partition coefficient (Wildman–Crippen LogP) is 2.44. The van der Waals surface area contributed by atoms with Crippen molar-refractivity contribution in [1.29, 1.82) is 0 Å². The first-order valence-corrected chi connectivity index (χ1v) is 7.68. The number of H-pyrrole nitrogens is 2. The van der Waals surface area contributed by atoms with E-state index in [1.165, 1.54) is 13.2 Å². The lowest BCUT2D eigenvalue weighted by Gasteiger charge is -2.17. The van der Waals surface area contributed by atoms with Crippen molar-refractivity contribution in [3.63, 3.8) is 0 Å². The quantitative estimate of drug-likeness (QED) is 0.578. The molecule has 1 unspecified atom stereocenters. The third-order valence-corrected chi connectivity index (χ3v) is 4.16. The molecule has 1 heterocycles. The molecule has 1 aliphatic carbocycles. The van der Waals surface area contributed by atoms with Crippen LogP contribution in [0.5, 0.6) is 0 Å². The summed E-state index contributed by atoms with van der Waals surface area (Å²) in [6.45, 7) is 0. The number of hydrogen-bond donors (Lipinski definition) is 3. The van der Waals surface area contributed by atoms with E-state index in [1.807, 2.05) is 0 Å². The molecule has 2 aromatic rings. The first kappa shape index (κ1) is 15.7. The average molecular weight is 337 g/mol. The molecule has 1 fully saturated rings. The first-order valence-electron chi connectivity index (χ1n) is 7.27. The molecule has 1 atom stereocenters. The fourth-order valence-corrected chi connectivity index (χ4v) is 2.84. The number of halogens is 1. The van der Waals surface area contributed by atoms with E-state index >= 15 is 0 Å². The Labute approximate surface area is 136 Å². The van der Waals surface area contributed by atoms with Crippen molar-refractivity contribution in [3.8, 4) is 0 Å². The molecule has 0 bridgehead atoms. The number of aromatic amines is 2. The Morgan fingerprint density at radius 1 is 1.43 bits per heavy atom. The molecular formula is C15H16FN3O3S. The number of carbonyl (C=O) groups is 2. The van der Waals surface area contributed by atoms with E-state index in [-0.39, 0.29) is 29.9 Å². The van der Waals surface area contributed by atoms with Gasteiger partial charge in [-0.3, -0.25) is 9.59 Å². The lowest BCUT2D eigenvalue weighted by atomic mass is 10.1. The Balaban J connectivity index is 1.87. The molecule has 0 aliphatic heterocycles. The van der Waals surface area contributed by atoms with Gasteiger partial charge < -0.3 is 20.0 Å². The largest absolute Gasteiger partial charge is 0.469 e. The molecule has 1 amide bonds. The van der Waals surface area contributed by atoms with Gasteiger partial charge in [0.05, 0.1) is 30.1 Å². The molecule has 1 aliphatic rings. The number of esters is 1. The van der Waals surface area contributed by atoms with Gasteiger partial charge >= 0.3 is 5.97 Å². The Hall–Kier alpha value is -2.22. The number of carbonyl (C=O) groups excluding carboxylic acids is 2. The number of ether oxygens (including phenoxy) is 1. The summed E-state index contributed by atoms with van der Waals surface area (Å²) >= 11 is 4.99. The maximum atomic E-state index is 13.7. The number of hydrogen-bond acceptors (Lipinski definition) is 4. The van der Waals surface area contributed by atoms with Crippen LogP contribution in [-0.4, -0.2) is 35.0 Å². The van der Waals surface area contributed by atoms with Crippen LogP contribution in [0.4, 0.5) is 4.39 Å². The normalized spacial score (nSPS) is 15.4. The predicted molar refractivity (Wildman–Crippen MR) is 84.1 cm³/mol. The summed E-state index contributed by atoms with van der Waals surface area (Å²) in [7, 11) is 1.31. The van der Waals surface area contributed by atoms with Gasteiger partial charge in [-0.15, -0.1) is 0 Å². The maximum absolute atomic E-state index is 13.7. The summed E-state index contributed by atoms with van der Waals surface area (Å²) in [6.07, 6.45) is 2.01. The van der Waals surface area contributed by atoms with Gasteiger partial charge in [0.15, 0.2) is 4.77 Å². The van der Waals surface area contributed by atoms with E-state index in [1.54, 1.807) is 0 Å². The zero-order valence-corrected chi connectivity index (χ0v) is 13.3. The molecule has 3 N–H and O–H groups in total. The van der Waals surface area contributed by atoms with Crippen molar-refractivity contribution in [3.05, 3.63) is 28.3 Å². The number of aromatic nitrogens is 2. The Morgan fingerprint density at radius 3 is 2.83 bits per heavy atom. The lowest BCUT2D eigenvalue weighted by Crippen LogP contribution is -2.38. The Bertz CT molecular complexity index is 825. The zero-order chi connectivity index (χ0) is 16.6. The maximum Gasteiger partial charge on any atom is 0.307 e. The lowest BCUT2D eigenvalue weighted by molar-refractivity contribution is -0.141. The highest BCUT2D eigenvalue weighted by Gasteiger charge is 2.34. The molecule has 6 nitrogen and oxygen atoms in total. The van der Waals surface area contributed by atoms with Crippen LogP contribution in [0.3, 0.4) is 0 Å². The van der Waals surface area contributed by atoms with E-state index in [0.29, 0.717) is 15.8 Å². The van der Waals surface area contributed by atoms with Gasteiger partial charge in [0.1, 0.15) is 5.82 Å². The standard InChI is InChI=1S/C15H16FN3O3S/c1-22-12(20)6-10(7-2-3-7)17-14(21)9-4-8(16)5-11-13(9)19-15(23)18-11/h4-5,7,10H,2-3,6H2,1H3,(H,17,21)(H2,18,19,23). The highest BCUT2D eigenvalue weighted by molar-refractivity contribution is 7.71. The number of benzene rings is 1. The van der Waals surface area contributed by atoms with E-state index in [0.717, 1.165) is 18.9 Å². The van der Waals surface area contributed by atoms with Gasteiger partial charge in [-0.2, -0.15) is 0 Å². The van der Waals surface area contributed by atoms with Crippen molar-refractivity contribution in [2.75, 3.05) is 7.11 Å². The van der Waals surface area contributed by atoms with Gasteiger partial charge in [-0.25, -0.2) is 4.39 Å². The molecule has 23 heavy (non-hydrogen) atoms. The number of fused-ring (bicyclic) bond motifs is 1. The van der Waals surface area contributed by atoms with Crippen LogP contribution in [0.1, 0.15) is 29.6 Å². The Morgan fingerprint density at radius 2 is 2.17 bits per heavy atom. The van der Waals surface area contributed by atoms with Gasteiger partial charge in [0.25, 0.3) is 5.91 Å². The molecule has 0 saturated heterocycles. The summed E-state index contributed by atoms with van der Waals surface area (Å²) in [4.78, 5) is 29.7. The van der Waals surface area contributed by atoms with Crippen molar-refractivity contribution >= 4 is 35.1 Å². The minimum Gasteiger partial charge on any atom is -0.469 e. The van der Waals surface area contributed by atoms with Crippen molar-refractivity contribution in [2.45, 2.75) is 25.3 Å². The third-order valence-electron chi connectivity index (χ3n) is 3.96. The van der Waals surface area contributed by atoms with Crippen LogP contribution in [0.2, 0.25) is 0 Å². The van der Waals surface area contributed by atoms with E-state index < -0.39 is 11.7 Å². The molecule has 8 heteroatoms. The molecule has 1 aromatic carbocycles. The number of imidazole rings is 1. The Kier molecular flexibility index (Phi) is 4.16. The molecule has 122 valence electrons.